The van der Waals surface area contributed by atoms with Crippen LogP contribution >= 0.6 is 34.5 Å². The fourth-order valence-corrected chi connectivity index (χ4v) is 3.50. The first-order valence-electron chi connectivity index (χ1n) is 6.78. The molecule has 0 bridgehead atoms. The third-order valence-electron chi connectivity index (χ3n) is 3.08. The molecule has 1 amide bonds. The molecule has 0 spiro atoms. The molecule has 23 heavy (non-hydrogen) atoms. The second-order valence-electron chi connectivity index (χ2n) is 4.94. The zero-order chi connectivity index (χ0) is 16.4. The lowest BCUT2D eigenvalue weighted by molar-refractivity contribution is 0.0951. The van der Waals surface area contributed by atoms with Crippen LogP contribution in [0, 0.1) is 6.92 Å². The van der Waals surface area contributed by atoms with Gasteiger partial charge in [0.15, 0.2) is 5.76 Å². The van der Waals surface area contributed by atoms with Gasteiger partial charge in [0.25, 0.3) is 5.91 Å². The number of amides is 1. The molecule has 0 atom stereocenters. The molecular weight excluding hydrogens is 355 g/mol. The van der Waals surface area contributed by atoms with Gasteiger partial charge in [0.05, 0.1) is 17.1 Å². The third-order valence-corrected chi connectivity index (χ3v) is 4.65. The highest BCUT2D eigenvalue weighted by atomic mass is 35.5. The zero-order valence-electron chi connectivity index (χ0n) is 12.1. The van der Waals surface area contributed by atoms with Gasteiger partial charge in [-0.1, -0.05) is 28.4 Å². The number of aromatic nitrogens is 1. The number of halogens is 2. The first kappa shape index (κ1) is 16.1. The molecule has 0 aliphatic carbocycles. The van der Waals surface area contributed by atoms with E-state index in [1.807, 2.05) is 25.1 Å². The maximum atomic E-state index is 12.2. The standard InChI is InChI=1S/C16H12Cl2N2O2S/c1-9-4-13(22-20-9)8-19-16(21)15-3-2-14(23-15)10-5-11(17)7-12(18)6-10/h2-7H,8H2,1H3,(H,19,21). The molecule has 3 aromatic rings. The van der Waals surface area contributed by atoms with Crippen molar-refractivity contribution in [3.63, 3.8) is 0 Å². The quantitative estimate of drug-likeness (QED) is 0.710. The fraction of sp³-hybridized carbons (Fsp3) is 0.125. The Hall–Kier alpha value is -1.82. The average Bonchev–Trinajstić information content (AvgIpc) is 3.13. The summed E-state index contributed by atoms with van der Waals surface area (Å²) < 4.78 is 5.06. The van der Waals surface area contributed by atoms with Crippen molar-refractivity contribution in [1.29, 1.82) is 0 Å². The number of carbonyl (C=O) groups is 1. The minimum Gasteiger partial charge on any atom is -0.359 e. The van der Waals surface area contributed by atoms with Crippen LogP contribution in [0.2, 0.25) is 10.0 Å². The Labute approximate surface area is 147 Å². The summed E-state index contributed by atoms with van der Waals surface area (Å²) in [6.45, 7) is 2.13. The van der Waals surface area contributed by atoms with Gasteiger partial charge in [0, 0.05) is 21.0 Å². The second kappa shape index (κ2) is 6.74. The second-order valence-corrected chi connectivity index (χ2v) is 6.90. The topological polar surface area (TPSA) is 55.1 Å². The third kappa shape index (κ3) is 3.93. The van der Waals surface area contributed by atoms with E-state index in [1.54, 1.807) is 18.2 Å². The summed E-state index contributed by atoms with van der Waals surface area (Å²) in [6.07, 6.45) is 0. The Bertz CT molecular complexity index is 837. The monoisotopic (exact) mass is 366 g/mol. The van der Waals surface area contributed by atoms with Crippen LogP contribution in [0.5, 0.6) is 0 Å². The Balaban J connectivity index is 1.72. The molecule has 4 nitrogen and oxygen atoms in total. The number of rotatable bonds is 4. The van der Waals surface area contributed by atoms with Gasteiger partial charge in [-0.15, -0.1) is 11.3 Å². The summed E-state index contributed by atoms with van der Waals surface area (Å²) in [5.41, 5.74) is 1.67. The predicted octanol–water partition coefficient (Wildman–Crippen LogP) is 4.95. The summed E-state index contributed by atoms with van der Waals surface area (Å²) in [4.78, 5) is 13.7. The smallest absolute Gasteiger partial charge is 0.261 e. The van der Waals surface area contributed by atoms with E-state index in [0.29, 0.717) is 27.2 Å². The highest BCUT2D eigenvalue weighted by Crippen LogP contribution is 2.32. The van der Waals surface area contributed by atoms with Crippen LogP contribution in [-0.2, 0) is 6.54 Å². The van der Waals surface area contributed by atoms with Crippen LogP contribution in [0.4, 0.5) is 0 Å². The molecule has 0 radical (unpaired) electrons. The Morgan fingerprint density at radius 2 is 1.96 bits per heavy atom. The highest BCUT2D eigenvalue weighted by molar-refractivity contribution is 7.17. The van der Waals surface area contributed by atoms with Crippen molar-refractivity contribution in [2.75, 3.05) is 0 Å². The van der Waals surface area contributed by atoms with E-state index in [1.165, 1.54) is 11.3 Å². The van der Waals surface area contributed by atoms with Gasteiger partial charge < -0.3 is 9.84 Å². The van der Waals surface area contributed by atoms with E-state index < -0.39 is 0 Å². The van der Waals surface area contributed by atoms with Gasteiger partial charge in [0.2, 0.25) is 0 Å². The van der Waals surface area contributed by atoms with Crippen molar-refractivity contribution in [2.45, 2.75) is 13.5 Å². The molecule has 118 valence electrons. The summed E-state index contributed by atoms with van der Waals surface area (Å²) in [5, 5.41) is 7.71. The molecule has 1 aromatic carbocycles. The van der Waals surface area contributed by atoms with Gasteiger partial charge in [-0.2, -0.15) is 0 Å². The van der Waals surface area contributed by atoms with E-state index in [2.05, 4.69) is 10.5 Å². The van der Waals surface area contributed by atoms with Crippen molar-refractivity contribution >= 4 is 40.4 Å². The summed E-state index contributed by atoms with van der Waals surface area (Å²) in [6, 6.07) is 10.7. The summed E-state index contributed by atoms with van der Waals surface area (Å²) in [7, 11) is 0. The van der Waals surface area contributed by atoms with Crippen molar-refractivity contribution in [3.05, 3.63) is 62.8 Å². The summed E-state index contributed by atoms with van der Waals surface area (Å²) in [5.74, 6) is 0.456. The van der Waals surface area contributed by atoms with Gasteiger partial charge >= 0.3 is 0 Å². The number of aryl methyl sites for hydroxylation is 1. The van der Waals surface area contributed by atoms with Gasteiger partial charge in [-0.3, -0.25) is 4.79 Å². The Morgan fingerprint density at radius 1 is 1.22 bits per heavy atom. The van der Waals surface area contributed by atoms with Gasteiger partial charge in [-0.25, -0.2) is 0 Å². The first-order valence-corrected chi connectivity index (χ1v) is 8.35. The maximum absolute atomic E-state index is 12.2. The number of thiophene rings is 1. The minimum atomic E-state index is -0.163. The molecule has 7 heteroatoms. The number of hydrogen-bond donors (Lipinski definition) is 1. The summed E-state index contributed by atoms with van der Waals surface area (Å²) >= 11 is 13.4. The Kier molecular flexibility index (Phi) is 4.71. The average molecular weight is 367 g/mol. The number of nitrogens with one attached hydrogen (secondary N) is 1. The van der Waals surface area contributed by atoms with Crippen LogP contribution in [0.1, 0.15) is 21.1 Å². The zero-order valence-corrected chi connectivity index (χ0v) is 14.4. The molecule has 1 N–H and O–H groups in total. The lowest BCUT2D eigenvalue weighted by atomic mass is 10.2. The van der Waals surface area contributed by atoms with E-state index in [0.717, 1.165) is 16.1 Å². The van der Waals surface area contributed by atoms with E-state index in [9.17, 15) is 4.79 Å². The van der Waals surface area contributed by atoms with Crippen molar-refractivity contribution < 1.29 is 9.32 Å². The molecule has 0 aliphatic rings. The van der Waals surface area contributed by atoms with Crippen LogP contribution in [-0.4, -0.2) is 11.1 Å². The van der Waals surface area contributed by atoms with Crippen LogP contribution in [0.25, 0.3) is 10.4 Å². The normalized spacial score (nSPS) is 10.7. The maximum Gasteiger partial charge on any atom is 0.261 e. The first-order chi connectivity index (χ1) is 11.0. The molecule has 2 aromatic heterocycles. The predicted molar refractivity (Wildman–Crippen MR) is 92.2 cm³/mol. The van der Waals surface area contributed by atoms with Crippen LogP contribution < -0.4 is 5.32 Å². The van der Waals surface area contributed by atoms with Crippen molar-refractivity contribution in [3.8, 4) is 10.4 Å². The van der Waals surface area contributed by atoms with Crippen LogP contribution in [0.3, 0.4) is 0 Å². The number of carbonyl (C=O) groups excluding carboxylic acids is 1. The van der Waals surface area contributed by atoms with Crippen LogP contribution in [0.15, 0.2) is 40.9 Å². The molecule has 0 unspecified atom stereocenters. The molecular formula is C16H12Cl2N2O2S. The SMILES string of the molecule is Cc1cc(CNC(=O)c2ccc(-c3cc(Cl)cc(Cl)c3)s2)on1. The number of hydrogen-bond acceptors (Lipinski definition) is 4. The lowest BCUT2D eigenvalue weighted by Crippen LogP contribution is -2.21. The highest BCUT2D eigenvalue weighted by Gasteiger charge is 2.12. The van der Waals surface area contributed by atoms with E-state index in [4.69, 9.17) is 27.7 Å². The Morgan fingerprint density at radius 3 is 2.61 bits per heavy atom. The largest absolute Gasteiger partial charge is 0.359 e. The van der Waals surface area contributed by atoms with Crippen molar-refractivity contribution in [2.24, 2.45) is 0 Å². The number of benzene rings is 1. The number of nitrogens with zero attached hydrogens (tertiary/aromatic N) is 1. The molecule has 0 saturated heterocycles. The lowest BCUT2D eigenvalue weighted by Gasteiger charge is -2.01. The fourth-order valence-electron chi connectivity index (χ4n) is 2.07. The molecule has 0 aliphatic heterocycles. The van der Waals surface area contributed by atoms with Gasteiger partial charge in [-0.05, 0) is 42.8 Å². The molecule has 0 fully saturated rings. The molecule has 2 heterocycles. The minimum absolute atomic E-state index is 0.163. The van der Waals surface area contributed by atoms with E-state index >= 15 is 0 Å². The molecule has 3 rings (SSSR count). The van der Waals surface area contributed by atoms with Gasteiger partial charge in [0.1, 0.15) is 0 Å². The van der Waals surface area contributed by atoms with E-state index in [-0.39, 0.29) is 5.91 Å². The van der Waals surface area contributed by atoms with Crippen molar-refractivity contribution in [1.82, 2.24) is 10.5 Å². The molecule has 0 saturated carbocycles.